The van der Waals surface area contributed by atoms with Gasteiger partial charge in [-0.05, 0) is 66.3 Å². The van der Waals surface area contributed by atoms with Crippen LogP contribution in [-0.2, 0) is 57.2 Å². The van der Waals surface area contributed by atoms with Crippen molar-refractivity contribution >= 4 is 35.8 Å². The summed E-state index contributed by atoms with van der Waals surface area (Å²) in [4.78, 5) is 78.2. The molecule has 58 heavy (non-hydrogen) atoms. The summed E-state index contributed by atoms with van der Waals surface area (Å²) in [6.07, 6.45) is -4.80. The SMILES string of the molecule is CC[C@H]1OC(=O)[C@H](C)[C@@H](OC(=O)CN(CCOC(=O)CCCC(=O)OC)CCOC(=O)CCCC(=O)OC)[C@H](C)[C@@H](O)[C@](C)(O)C[C@@H](C)CN(C)[C@H](C)[C@@H](O)[C@]1(C)O. The molecule has 10 atom stereocenters. The van der Waals surface area contributed by atoms with E-state index in [-0.39, 0.29) is 83.6 Å². The minimum Gasteiger partial charge on any atom is -0.469 e. The van der Waals surface area contributed by atoms with E-state index in [0.29, 0.717) is 6.54 Å². The van der Waals surface area contributed by atoms with Gasteiger partial charge in [0.1, 0.15) is 37.1 Å². The molecule has 0 spiro atoms. The molecule has 336 valence electrons. The highest BCUT2D eigenvalue weighted by Crippen LogP contribution is 2.33. The van der Waals surface area contributed by atoms with Crippen molar-refractivity contribution in [3.05, 3.63) is 0 Å². The monoisotopic (exact) mass is 834 g/mol. The van der Waals surface area contributed by atoms with Crippen LogP contribution in [0.5, 0.6) is 0 Å². The number of hydrogen-bond donors (Lipinski definition) is 4. The average molecular weight is 835 g/mol. The van der Waals surface area contributed by atoms with Crippen molar-refractivity contribution in [2.75, 3.05) is 60.7 Å². The molecule has 18 nitrogen and oxygen atoms in total. The summed E-state index contributed by atoms with van der Waals surface area (Å²) in [5.41, 5.74) is -3.61. The number of aliphatic hydroxyl groups excluding tert-OH is 2. The maximum absolute atomic E-state index is 13.8. The van der Waals surface area contributed by atoms with E-state index >= 15 is 0 Å². The average Bonchev–Trinajstić information content (AvgIpc) is 3.16. The molecule has 0 bridgehead atoms. The summed E-state index contributed by atoms with van der Waals surface area (Å²) < 4.78 is 31.4. The zero-order chi connectivity index (χ0) is 44.4. The van der Waals surface area contributed by atoms with E-state index < -0.39 is 95.9 Å². The first-order chi connectivity index (χ1) is 27.0. The van der Waals surface area contributed by atoms with Crippen LogP contribution in [0.2, 0.25) is 0 Å². The number of rotatable bonds is 18. The number of carbonyl (C=O) groups is 6. The molecule has 0 aromatic rings. The molecular formula is C40H70N2O16. The van der Waals surface area contributed by atoms with Gasteiger partial charge in [0, 0.05) is 57.3 Å². The third kappa shape index (κ3) is 17.4. The van der Waals surface area contributed by atoms with E-state index in [9.17, 15) is 49.2 Å². The number of hydrogen-bond acceptors (Lipinski definition) is 18. The van der Waals surface area contributed by atoms with Gasteiger partial charge in [0.15, 0.2) is 0 Å². The van der Waals surface area contributed by atoms with Gasteiger partial charge in [0.05, 0.1) is 38.4 Å². The van der Waals surface area contributed by atoms with Crippen LogP contribution in [0.1, 0.15) is 99.8 Å². The molecule has 1 rings (SSSR count). The van der Waals surface area contributed by atoms with Crippen molar-refractivity contribution in [3.8, 4) is 0 Å². The molecule has 0 aromatic carbocycles. The van der Waals surface area contributed by atoms with Crippen molar-refractivity contribution in [3.63, 3.8) is 0 Å². The molecular weight excluding hydrogens is 764 g/mol. The lowest BCUT2D eigenvalue weighted by Crippen LogP contribution is -2.59. The Balaban J connectivity index is 3.34. The standard InChI is InChI=1S/C40H70N2O16/c1-11-29-40(7,52)37(49)28(5)41(8)23-25(2)22-39(6,51)36(48)26(3)35(27(4)38(50)57-29)58-34(47)24-42(18-20-55-32(45)16-12-14-30(43)53-9)19-21-56-33(46)17-13-15-31(44)54-10/h25-29,35-37,48-49,51-52H,11-24H2,1-10H3/t25-,26+,27-,28-,29-,35+,36-,37-,39-,40-/m1/s1. The molecule has 1 aliphatic heterocycles. The third-order valence-corrected chi connectivity index (χ3v) is 10.9. The molecule has 0 aromatic heterocycles. The number of methoxy groups -OCH3 is 2. The van der Waals surface area contributed by atoms with Gasteiger partial charge in [0.2, 0.25) is 0 Å². The lowest BCUT2D eigenvalue weighted by Gasteiger charge is -2.42. The van der Waals surface area contributed by atoms with Gasteiger partial charge in [-0.25, -0.2) is 0 Å². The summed E-state index contributed by atoms with van der Waals surface area (Å²) in [5.74, 6) is -6.36. The van der Waals surface area contributed by atoms with Gasteiger partial charge in [-0.2, -0.15) is 0 Å². The topological polar surface area (TPSA) is 245 Å². The van der Waals surface area contributed by atoms with E-state index in [1.165, 1.54) is 46.8 Å². The number of ether oxygens (including phenoxy) is 6. The number of esters is 6. The van der Waals surface area contributed by atoms with E-state index in [0.717, 1.165) is 0 Å². The Kier molecular flexibility index (Phi) is 22.9. The highest BCUT2D eigenvalue weighted by Gasteiger charge is 2.48. The van der Waals surface area contributed by atoms with Crippen LogP contribution >= 0.6 is 0 Å². The van der Waals surface area contributed by atoms with Crippen LogP contribution in [0.25, 0.3) is 0 Å². The quantitative estimate of drug-likeness (QED) is 0.112. The van der Waals surface area contributed by atoms with Crippen LogP contribution in [-0.4, -0.2) is 168 Å². The molecule has 0 unspecified atom stereocenters. The van der Waals surface area contributed by atoms with Gasteiger partial charge < -0.3 is 53.7 Å². The molecule has 0 amide bonds. The second-order valence-electron chi connectivity index (χ2n) is 16.0. The zero-order valence-corrected chi connectivity index (χ0v) is 36.1. The van der Waals surface area contributed by atoms with Gasteiger partial charge in [-0.1, -0.05) is 20.8 Å². The van der Waals surface area contributed by atoms with Crippen LogP contribution < -0.4 is 0 Å². The zero-order valence-electron chi connectivity index (χ0n) is 36.1. The third-order valence-electron chi connectivity index (χ3n) is 10.9. The predicted molar refractivity (Wildman–Crippen MR) is 208 cm³/mol. The number of cyclic esters (lactones) is 1. The molecule has 18 heteroatoms. The Bertz CT molecular complexity index is 1290. The first-order valence-corrected chi connectivity index (χ1v) is 20.1. The fourth-order valence-electron chi connectivity index (χ4n) is 7.20. The molecule has 0 saturated carbocycles. The molecule has 4 N–H and O–H groups in total. The number of nitrogens with zero attached hydrogens (tertiary/aromatic N) is 2. The van der Waals surface area contributed by atoms with E-state index in [4.69, 9.17) is 18.9 Å². The maximum Gasteiger partial charge on any atom is 0.320 e. The second kappa shape index (κ2) is 25.3. The summed E-state index contributed by atoms with van der Waals surface area (Å²) in [6.45, 7) is 10.6. The Morgan fingerprint density at radius 3 is 1.76 bits per heavy atom. The Morgan fingerprint density at radius 1 is 0.810 bits per heavy atom. The minimum absolute atomic E-state index is 0.0206. The highest BCUT2D eigenvalue weighted by molar-refractivity contribution is 5.76. The first kappa shape index (κ1) is 52.6. The molecule has 0 aliphatic carbocycles. The fourth-order valence-corrected chi connectivity index (χ4v) is 7.20. The molecule has 1 aliphatic rings. The number of likely N-dealkylation sites (N-methyl/N-ethyl adjacent to an activating group) is 1. The molecule has 0 radical (unpaired) electrons. The molecule has 1 saturated heterocycles. The van der Waals surface area contributed by atoms with Crippen LogP contribution in [0.4, 0.5) is 0 Å². The van der Waals surface area contributed by atoms with Crippen molar-refractivity contribution in [2.45, 2.75) is 141 Å². The van der Waals surface area contributed by atoms with Crippen LogP contribution in [0.15, 0.2) is 0 Å². The summed E-state index contributed by atoms with van der Waals surface area (Å²) in [7, 11) is 4.24. The summed E-state index contributed by atoms with van der Waals surface area (Å²) in [6, 6.07) is -0.594. The van der Waals surface area contributed by atoms with Gasteiger partial charge in [-0.3, -0.25) is 33.7 Å². The van der Waals surface area contributed by atoms with Crippen LogP contribution in [0, 0.1) is 17.8 Å². The van der Waals surface area contributed by atoms with E-state index in [1.807, 2.05) is 11.8 Å². The second-order valence-corrected chi connectivity index (χ2v) is 16.0. The number of aliphatic hydroxyl groups is 4. The summed E-state index contributed by atoms with van der Waals surface area (Å²) in [5, 5.41) is 46.0. The number of carbonyl (C=O) groups excluding carboxylic acids is 6. The van der Waals surface area contributed by atoms with Crippen LogP contribution in [0.3, 0.4) is 0 Å². The lowest BCUT2D eigenvalue weighted by molar-refractivity contribution is -0.196. The lowest BCUT2D eigenvalue weighted by atomic mass is 9.78. The molecule has 1 fully saturated rings. The van der Waals surface area contributed by atoms with Gasteiger partial charge >= 0.3 is 35.8 Å². The van der Waals surface area contributed by atoms with Gasteiger partial charge in [0.25, 0.3) is 0 Å². The van der Waals surface area contributed by atoms with Crippen molar-refractivity contribution < 1.29 is 77.6 Å². The maximum atomic E-state index is 13.8. The predicted octanol–water partition coefficient (Wildman–Crippen LogP) is 1.15. The van der Waals surface area contributed by atoms with Gasteiger partial charge in [-0.15, -0.1) is 0 Å². The minimum atomic E-state index is -1.89. The van der Waals surface area contributed by atoms with Crippen molar-refractivity contribution in [1.82, 2.24) is 9.80 Å². The first-order valence-electron chi connectivity index (χ1n) is 20.1. The summed E-state index contributed by atoms with van der Waals surface area (Å²) >= 11 is 0. The van der Waals surface area contributed by atoms with E-state index in [2.05, 4.69) is 9.47 Å². The Labute approximate surface area is 342 Å². The highest BCUT2D eigenvalue weighted by atomic mass is 16.6. The fraction of sp³-hybridized carbons (Fsp3) is 0.850. The Hall–Kier alpha value is -3.42. The van der Waals surface area contributed by atoms with E-state index in [1.54, 1.807) is 20.9 Å². The Morgan fingerprint density at radius 2 is 1.29 bits per heavy atom. The molecule has 1 heterocycles. The van der Waals surface area contributed by atoms with Crippen molar-refractivity contribution in [2.24, 2.45) is 17.8 Å². The normalized spacial score (nSPS) is 30.3. The smallest absolute Gasteiger partial charge is 0.320 e. The van der Waals surface area contributed by atoms with Crippen molar-refractivity contribution in [1.29, 1.82) is 0 Å². The largest absolute Gasteiger partial charge is 0.469 e.